The maximum atomic E-state index is 10.8. The van der Waals surface area contributed by atoms with E-state index in [1.54, 1.807) is 6.92 Å². The van der Waals surface area contributed by atoms with E-state index < -0.39 is 0 Å². The highest BCUT2D eigenvalue weighted by molar-refractivity contribution is 9.13. The van der Waals surface area contributed by atoms with Crippen LogP contribution in [0.2, 0.25) is 0 Å². The van der Waals surface area contributed by atoms with Gasteiger partial charge >= 0.3 is 0 Å². The van der Waals surface area contributed by atoms with Crippen LogP contribution in [0.25, 0.3) is 0 Å². The highest BCUT2D eigenvalue weighted by Crippen LogP contribution is 2.14. The number of halogens is 2. The Morgan fingerprint density at radius 2 is 2.10 bits per heavy atom. The van der Waals surface area contributed by atoms with Crippen molar-refractivity contribution in [1.82, 2.24) is 9.97 Å². The minimum atomic E-state index is -0.171. The summed E-state index contributed by atoms with van der Waals surface area (Å²) in [6.45, 7) is 1.65. The highest BCUT2D eigenvalue weighted by Gasteiger charge is 2.00. The third-order valence-electron chi connectivity index (χ3n) is 0.999. The first-order valence-electron chi connectivity index (χ1n) is 2.53. The van der Waals surface area contributed by atoms with Gasteiger partial charge in [0, 0.05) is 0 Å². The average molecular weight is 268 g/mol. The molecule has 1 rings (SSSR count). The molecule has 1 aromatic heterocycles. The predicted molar refractivity (Wildman–Crippen MR) is 45.0 cm³/mol. The summed E-state index contributed by atoms with van der Waals surface area (Å²) in [7, 11) is 0. The molecule has 10 heavy (non-hydrogen) atoms. The van der Waals surface area contributed by atoms with E-state index >= 15 is 0 Å². The Balaban J connectivity index is 3.43. The van der Waals surface area contributed by atoms with Crippen molar-refractivity contribution < 1.29 is 0 Å². The Hall–Kier alpha value is -0.160. The van der Waals surface area contributed by atoms with E-state index in [1.165, 1.54) is 0 Å². The molecule has 1 N–H and O–H groups in total. The molecule has 3 nitrogen and oxygen atoms in total. The molecule has 0 atom stereocenters. The van der Waals surface area contributed by atoms with Gasteiger partial charge in [-0.3, -0.25) is 4.79 Å². The fourth-order valence-electron chi connectivity index (χ4n) is 0.489. The van der Waals surface area contributed by atoms with E-state index in [-0.39, 0.29) is 5.56 Å². The second-order valence-corrected chi connectivity index (χ2v) is 3.30. The van der Waals surface area contributed by atoms with Gasteiger partial charge in [0.05, 0.1) is 0 Å². The summed E-state index contributed by atoms with van der Waals surface area (Å²) >= 11 is 6.27. The molecule has 5 heteroatoms. The van der Waals surface area contributed by atoms with Gasteiger partial charge in [0.15, 0.2) is 0 Å². The molecular formula is C5H4Br2N2O. The van der Waals surface area contributed by atoms with Crippen molar-refractivity contribution in [2.45, 2.75) is 6.92 Å². The van der Waals surface area contributed by atoms with Gasteiger partial charge < -0.3 is 4.98 Å². The van der Waals surface area contributed by atoms with Crippen LogP contribution in [0.15, 0.2) is 14.0 Å². The van der Waals surface area contributed by atoms with Crippen LogP contribution >= 0.6 is 31.9 Å². The van der Waals surface area contributed by atoms with Crippen molar-refractivity contribution in [2.75, 3.05) is 0 Å². The molecular weight excluding hydrogens is 264 g/mol. The number of hydrogen-bond acceptors (Lipinski definition) is 2. The molecule has 0 fully saturated rings. The van der Waals surface area contributed by atoms with Crippen molar-refractivity contribution >= 4 is 31.9 Å². The fraction of sp³-hybridized carbons (Fsp3) is 0.200. The van der Waals surface area contributed by atoms with E-state index in [0.717, 1.165) is 0 Å². The van der Waals surface area contributed by atoms with E-state index in [4.69, 9.17) is 0 Å². The van der Waals surface area contributed by atoms with Gasteiger partial charge in [-0.1, -0.05) is 0 Å². The number of nitrogens with zero attached hydrogens (tertiary/aromatic N) is 1. The molecule has 0 aromatic carbocycles. The smallest absolute Gasteiger partial charge is 0.270 e. The lowest BCUT2D eigenvalue weighted by atomic mass is 10.5. The van der Waals surface area contributed by atoms with E-state index in [2.05, 4.69) is 41.8 Å². The number of rotatable bonds is 0. The van der Waals surface area contributed by atoms with Crippen LogP contribution < -0.4 is 5.56 Å². The fourth-order valence-corrected chi connectivity index (χ4v) is 1.12. The first kappa shape index (κ1) is 7.94. The van der Waals surface area contributed by atoms with E-state index in [9.17, 15) is 4.79 Å². The zero-order valence-corrected chi connectivity index (χ0v) is 8.28. The van der Waals surface area contributed by atoms with Crippen molar-refractivity contribution in [2.24, 2.45) is 0 Å². The summed E-state index contributed by atoms with van der Waals surface area (Å²) in [5.41, 5.74) is 0.283. The second kappa shape index (κ2) is 2.84. The molecule has 0 bridgehead atoms. The van der Waals surface area contributed by atoms with Crippen molar-refractivity contribution in [3.05, 3.63) is 25.3 Å². The van der Waals surface area contributed by atoms with Gasteiger partial charge in [-0.05, 0) is 38.8 Å². The lowest BCUT2D eigenvalue weighted by Crippen LogP contribution is -2.11. The number of aromatic amines is 1. The zero-order chi connectivity index (χ0) is 7.72. The Labute approximate surface area is 74.1 Å². The third kappa shape index (κ3) is 1.46. The number of H-pyrrole nitrogens is 1. The van der Waals surface area contributed by atoms with Crippen molar-refractivity contribution in [3.63, 3.8) is 0 Å². The van der Waals surface area contributed by atoms with Gasteiger partial charge in [-0.25, -0.2) is 4.98 Å². The van der Waals surface area contributed by atoms with Crippen LogP contribution in [-0.2, 0) is 0 Å². The number of aryl methyl sites for hydroxylation is 1. The largest absolute Gasteiger partial charge is 0.313 e. The summed E-state index contributed by atoms with van der Waals surface area (Å²) in [5.74, 6) is 0. The Morgan fingerprint density at radius 3 is 2.60 bits per heavy atom. The SMILES string of the molecule is Cc1nc(Br)c(Br)[nH]c1=O. The summed E-state index contributed by atoms with van der Waals surface area (Å²) in [4.78, 5) is 17.3. The number of nitrogens with one attached hydrogen (secondary N) is 1. The minimum absolute atomic E-state index is 0.171. The van der Waals surface area contributed by atoms with Crippen LogP contribution in [0.1, 0.15) is 5.69 Å². The summed E-state index contributed by atoms with van der Waals surface area (Å²) in [6.07, 6.45) is 0. The molecule has 54 valence electrons. The van der Waals surface area contributed by atoms with Crippen molar-refractivity contribution in [1.29, 1.82) is 0 Å². The van der Waals surface area contributed by atoms with E-state index in [0.29, 0.717) is 14.9 Å². The number of hydrogen-bond donors (Lipinski definition) is 1. The topological polar surface area (TPSA) is 45.8 Å². The Kier molecular flexibility index (Phi) is 2.25. The van der Waals surface area contributed by atoms with Crippen LogP contribution in [0.4, 0.5) is 0 Å². The van der Waals surface area contributed by atoms with Crippen LogP contribution in [0.5, 0.6) is 0 Å². The van der Waals surface area contributed by atoms with Crippen molar-refractivity contribution in [3.8, 4) is 0 Å². The standard InChI is InChI=1S/C5H4Br2N2O/c1-2-5(10)9-4(7)3(6)8-2/h1H3,(H,9,10). The lowest BCUT2D eigenvalue weighted by molar-refractivity contribution is 1.01. The Morgan fingerprint density at radius 1 is 1.50 bits per heavy atom. The molecule has 0 unspecified atom stereocenters. The van der Waals surface area contributed by atoms with Gasteiger partial charge in [-0.15, -0.1) is 0 Å². The third-order valence-corrected chi connectivity index (χ3v) is 2.68. The van der Waals surface area contributed by atoms with Gasteiger partial charge in [-0.2, -0.15) is 0 Å². The minimum Gasteiger partial charge on any atom is -0.313 e. The molecule has 0 saturated carbocycles. The summed E-state index contributed by atoms with van der Waals surface area (Å²) < 4.78 is 1.19. The van der Waals surface area contributed by atoms with Crippen LogP contribution in [-0.4, -0.2) is 9.97 Å². The lowest BCUT2D eigenvalue weighted by Gasteiger charge is -1.94. The van der Waals surface area contributed by atoms with Crippen LogP contribution in [0, 0.1) is 6.92 Å². The van der Waals surface area contributed by atoms with Gasteiger partial charge in [0.25, 0.3) is 5.56 Å². The molecule has 0 saturated heterocycles. The van der Waals surface area contributed by atoms with Gasteiger partial charge in [0.1, 0.15) is 14.9 Å². The average Bonchev–Trinajstić information content (AvgIpc) is 1.84. The van der Waals surface area contributed by atoms with Crippen LogP contribution in [0.3, 0.4) is 0 Å². The highest BCUT2D eigenvalue weighted by atomic mass is 79.9. The first-order chi connectivity index (χ1) is 4.61. The normalized spacial score (nSPS) is 9.90. The number of aromatic nitrogens is 2. The molecule has 0 spiro atoms. The van der Waals surface area contributed by atoms with E-state index in [1.807, 2.05) is 0 Å². The zero-order valence-electron chi connectivity index (χ0n) is 5.11. The summed E-state index contributed by atoms with van der Waals surface area (Å²) in [6, 6.07) is 0. The summed E-state index contributed by atoms with van der Waals surface area (Å²) in [5, 5.41) is 0. The maximum absolute atomic E-state index is 10.8. The maximum Gasteiger partial charge on any atom is 0.270 e. The molecule has 0 aliphatic heterocycles. The monoisotopic (exact) mass is 266 g/mol. The molecule has 0 aliphatic carbocycles. The molecule has 1 aromatic rings. The molecule has 0 radical (unpaired) electrons. The predicted octanol–water partition coefficient (Wildman–Crippen LogP) is 1.60. The molecule has 0 amide bonds. The Bertz CT molecular complexity index is 307. The molecule has 1 heterocycles. The quantitative estimate of drug-likeness (QED) is 0.776. The first-order valence-corrected chi connectivity index (χ1v) is 4.12. The van der Waals surface area contributed by atoms with Gasteiger partial charge in [0.2, 0.25) is 0 Å². The molecule has 0 aliphatic rings. The second-order valence-electron chi connectivity index (χ2n) is 1.76.